The Kier molecular flexibility index (Phi) is 3.93. The van der Waals surface area contributed by atoms with Gasteiger partial charge in [0.25, 0.3) is 0 Å². The van der Waals surface area contributed by atoms with Crippen LogP contribution in [0.1, 0.15) is 43.7 Å². The van der Waals surface area contributed by atoms with Gasteiger partial charge in [0, 0.05) is 12.6 Å². The number of para-hydroxylation sites is 1. The van der Waals surface area contributed by atoms with Crippen molar-refractivity contribution in [1.82, 2.24) is 5.32 Å². The van der Waals surface area contributed by atoms with Gasteiger partial charge < -0.3 is 10.4 Å². The fraction of sp³-hybridized carbons (Fsp3) is 0.462. The molecule has 0 fully saturated rings. The zero-order valence-electron chi connectivity index (χ0n) is 10.2. The molecule has 0 bridgehead atoms. The molecular formula is C13H19NO2. The molecule has 2 N–H and O–H groups in total. The third-order valence-corrected chi connectivity index (χ3v) is 2.83. The molecule has 0 spiro atoms. The summed E-state index contributed by atoms with van der Waals surface area (Å²) in [5.41, 5.74) is 1.57. The van der Waals surface area contributed by atoms with E-state index in [9.17, 15) is 9.90 Å². The Morgan fingerprint density at radius 2 is 1.81 bits per heavy atom. The molecule has 1 aromatic carbocycles. The van der Waals surface area contributed by atoms with Crippen LogP contribution < -0.4 is 5.32 Å². The van der Waals surface area contributed by atoms with Crippen molar-refractivity contribution >= 4 is 5.91 Å². The van der Waals surface area contributed by atoms with Gasteiger partial charge >= 0.3 is 0 Å². The van der Waals surface area contributed by atoms with E-state index in [2.05, 4.69) is 5.32 Å². The highest BCUT2D eigenvalue weighted by Gasteiger charge is 2.19. The van der Waals surface area contributed by atoms with Crippen LogP contribution in [-0.2, 0) is 4.79 Å². The van der Waals surface area contributed by atoms with Gasteiger partial charge in [-0.25, -0.2) is 0 Å². The lowest BCUT2D eigenvalue weighted by atomic mass is 9.93. The second-order valence-electron chi connectivity index (χ2n) is 4.28. The summed E-state index contributed by atoms with van der Waals surface area (Å²) in [6.07, 6.45) is 0. The molecule has 0 aliphatic rings. The first-order chi connectivity index (χ1) is 7.49. The maximum atomic E-state index is 11.5. The Labute approximate surface area is 96.5 Å². The molecule has 3 heteroatoms. The van der Waals surface area contributed by atoms with E-state index in [4.69, 9.17) is 0 Å². The Hall–Kier alpha value is -1.51. The van der Waals surface area contributed by atoms with Crippen LogP contribution in [0.2, 0.25) is 0 Å². The second-order valence-corrected chi connectivity index (χ2v) is 4.28. The molecule has 0 saturated carbocycles. The number of carbonyl (C=O) groups excluding carboxylic acids is 1. The number of likely N-dealkylation sites (N-methyl/N-ethyl adjacent to an activating group) is 1. The predicted octanol–water partition coefficient (Wildman–Crippen LogP) is 2.37. The third-order valence-electron chi connectivity index (χ3n) is 2.83. The quantitative estimate of drug-likeness (QED) is 0.823. The van der Waals surface area contributed by atoms with E-state index in [-0.39, 0.29) is 23.5 Å². The first kappa shape index (κ1) is 12.6. The van der Waals surface area contributed by atoms with Gasteiger partial charge in [0.15, 0.2) is 0 Å². The zero-order valence-corrected chi connectivity index (χ0v) is 10.2. The molecule has 1 unspecified atom stereocenters. The Morgan fingerprint density at radius 1 is 1.25 bits per heavy atom. The normalized spacial score (nSPS) is 12.6. The number of aromatic hydroxyl groups is 1. The zero-order chi connectivity index (χ0) is 12.3. The smallest absolute Gasteiger partial charge is 0.227 e. The molecule has 16 heavy (non-hydrogen) atoms. The molecular weight excluding hydrogens is 202 g/mol. The average molecular weight is 221 g/mol. The summed E-state index contributed by atoms with van der Waals surface area (Å²) in [6.45, 7) is 5.82. The highest BCUT2D eigenvalue weighted by atomic mass is 16.3. The molecule has 3 nitrogen and oxygen atoms in total. The lowest BCUT2D eigenvalue weighted by molar-refractivity contribution is -0.121. The van der Waals surface area contributed by atoms with Crippen LogP contribution in [0.25, 0.3) is 0 Å². The van der Waals surface area contributed by atoms with Crippen molar-refractivity contribution in [2.75, 3.05) is 7.05 Å². The van der Waals surface area contributed by atoms with Gasteiger partial charge in [-0.3, -0.25) is 4.79 Å². The highest BCUT2D eigenvalue weighted by molar-refractivity contribution is 5.83. The highest BCUT2D eigenvalue weighted by Crippen LogP contribution is 2.33. The minimum Gasteiger partial charge on any atom is -0.507 e. The van der Waals surface area contributed by atoms with E-state index in [1.54, 1.807) is 20.0 Å². The average Bonchev–Trinajstić information content (AvgIpc) is 2.27. The third kappa shape index (κ3) is 2.35. The van der Waals surface area contributed by atoms with Crippen LogP contribution in [0.5, 0.6) is 5.75 Å². The molecule has 0 radical (unpaired) electrons. The number of amides is 1. The number of rotatable bonds is 3. The summed E-state index contributed by atoms with van der Waals surface area (Å²) in [5.74, 6) is 0.0744. The fourth-order valence-electron chi connectivity index (χ4n) is 1.75. The van der Waals surface area contributed by atoms with Crippen LogP contribution in [0.4, 0.5) is 0 Å². The maximum absolute atomic E-state index is 11.5. The van der Waals surface area contributed by atoms with Gasteiger partial charge in [-0.2, -0.15) is 0 Å². The minimum atomic E-state index is -0.330. The predicted molar refractivity (Wildman–Crippen MR) is 64.7 cm³/mol. The molecule has 1 amide bonds. The first-order valence-corrected chi connectivity index (χ1v) is 5.52. The Morgan fingerprint density at radius 3 is 2.31 bits per heavy atom. The molecule has 0 aliphatic carbocycles. The monoisotopic (exact) mass is 221 g/mol. The summed E-state index contributed by atoms with van der Waals surface area (Å²) < 4.78 is 0. The van der Waals surface area contributed by atoms with Crippen molar-refractivity contribution in [2.24, 2.45) is 0 Å². The number of phenolic OH excluding ortho intramolecular Hbond substituents is 1. The number of nitrogens with one attached hydrogen (secondary N) is 1. The van der Waals surface area contributed by atoms with Crippen molar-refractivity contribution < 1.29 is 9.90 Å². The van der Waals surface area contributed by atoms with E-state index >= 15 is 0 Å². The molecule has 1 atom stereocenters. The fourth-order valence-corrected chi connectivity index (χ4v) is 1.75. The standard InChI is InChI=1S/C13H19NO2/c1-8(2)10-6-5-7-11(12(10)15)9(3)13(16)14-4/h5-9,15H,1-4H3,(H,14,16). The summed E-state index contributed by atoms with van der Waals surface area (Å²) in [7, 11) is 1.60. The Bertz CT molecular complexity index is 386. The Balaban J connectivity index is 3.15. The van der Waals surface area contributed by atoms with Gasteiger partial charge in [-0.1, -0.05) is 32.0 Å². The molecule has 0 aliphatic heterocycles. The summed E-state index contributed by atoms with van der Waals surface area (Å²) in [6, 6.07) is 5.56. The summed E-state index contributed by atoms with van der Waals surface area (Å²) >= 11 is 0. The van der Waals surface area contributed by atoms with E-state index in [1.165, 1.54) is 0 Å². The van der Waals surface area contributed by atoms with E-state index in [1.807, 2.05) is 26.0 Å². The number of benzene rings is 1. The second kappa shape index (κ2) is 5.01. The topological polar surface area (TPSA) is 49.3 Å². The molecule has 1 rings (SSSR count). The van der Waals surface area contributed by atoms with Crippen LogP contribution in [0.3, 0.4) is 0 Å². The molecule has 0 heterocycles. The van der Waals surface area contributed by atoms with Crippen molar-refractivity contribution in [2.45, 2.75) is 32.6 Å². The van der Waals surface area contributed by atoms with Crippen molar-refractivity contribution in [3.05, 3.63) is 29.3 Å². The largest absolute Gasteiger partial charge is 0.507 e. The minimum absolute atomic E-state index is 0.0868. The van der Waals surface area contributed by atoms with Crippen molar-refractivity contribution in [1.29, 1.82) is 0 Å². The number of carbonyl (C=O) groups is 1. The summed E-state index contributed by atoms with van der Waals surface area (Å²) in [5, 5.41) is 12.7. The van der Waals surface area contributed by atoms with Crippen LogP contribution in [-0.4, -0.2) is 18.1 Å². The van der Waals surface area contributed by atoms with Crippen molar-refractivity contribution in [3.8, 4) is 5.75 Å². The van der Waals surface area contributed by atoms with Gasteiger partial charge in [0.05, 0.1) is 5.92 Å². The van der Waals surface area contributed by atoms with Gasteiger partial charge in [0.2, 0.25) is 5.91 Å². The van der Waals surface area contributed by atoms with E-state index < -0.39 is 0 Å². The SMILES string of the molecule is CNC(=O)C(C)c1cccc(C(C)C)c1O. The van der Waals surface area contributed by atoms with Gasteiger partial charge in [-0.15, -0.1) is 0 Å². The van der Waals surface area contributed by atoms with Crippen LogP contribution >= 0.6 is 0 Å². The van der Waals surface area contributed by atoms with Gasteiger partial charge in [0.1, 0.15) is 5.75 Å². The number of hydrogen-bond donors (Lipinski definition) is 2. The number of phenols is 1. The van der Waals surface area contributed by atoms with E-state index in [0.29, 0.717) is 5.56 Å². The van der Waals surface area contributed by atoms with Crippen LogP contribution in [0.15, 0.2) is 18.2 Å². The maximum Gasteiger partial charge on any atom is 0.227 e. The van der Waals surface area contributed by atoms with Gasteiger partial charge in [-0.05, 0) is 18.4 Å². The van der Waals surface area contributed by atoms with E-state index in [0.717, 1.165) is 5.56 Å². The van der Waals surface area contributed by atoms with Crippen LogP contribution in [0, 0.1) is 0 Å². The lowest BCUT2D eigenvalue weighted by Crippen LogP contribution is -2.24. The molecule has 1 aromatic rings. The number of hydrogen-bond acceptors (Lipinski definition) is 2. The summed E-state index contributed by atoms with van der Waals surface area (Å²) in [4.78, 5) is 11.5. The molecule has 0 aromatic heterocycles. The lowest BCUT2D eigenvalue weighted by Gasteiger charge is -2.16. The van der Waals surface area contributed by atoms with Crippen molar-refractivity contribution in [3.63, 3.8) is 0 Å². The first-order valence-electron chi connectivity index (χ1n) is 5.52. The molecule has 0 saturated heterocycles. The molecule has 88 valence electrons.